The number of benzene rings is 3. The topological polar surface area (TPSA) is 62.0 Å². The Labute approximate surface area is 149 Å². The maximum Gasteiger partial charge on any atom is 0.143 e. The molecule has 0 fully saturated rings. The van der Waals surface area contributed by atoms with E-state index >= 15 is 0 Å². The summed E-state index contributed by atoms with van der Waals surface area (Å²) < 4.78 is 6.31. The standard InChI is InChI=1S/C22H16N2O2/c1-13-9-17(25)11-18-20(14-5-3-2-4-6-14)22(26-21(13)18)15-7-8-19-16(10-15)12-23-24-19/h2-12,25H,1H3,(H,23,24). The molecule has 3 aromatic carbocycles. The van der Waals surface area contributed by atoms with Crippen LogP contribution in [0.5, 0.6) is 5.75 Å². The molecule has 26 heavy (non-hydrogen) atoms. The van der Waals surface area contributed by atoms with E-state index in [2.05, 4.69) is 28.4 Å². The third kappa shape index (κ3) is 2.19. The van der Waals surface area contributed by atoms with Crippen molar-refractivity contribution in [3.63, 3.8) is 0 Å². The van der Waals surface area contributed by atoms with Crippen LogP contribution in [0.1, 0.15) is 5.56 Å². The number of fused-ring (bicyclic) bond motifs is 2. The molecule has 4 nitrogen and oxygen atoms in total. The molecule has 0 amide bonds. The third-order valence-corrected chi connectivity index (χ3v) is 4.72. The Morgan fingerprint density at radius 1 is 0.962 bits per heavy atom. The number of phenols is 1. The van der Waals surface area contributed by atoms with Crippen LogP contribution in [-0.2, 0) is 0 Å². The molecular weight excluding hydrogens is 324 g/mol. The Hall–Kier alpha value is -3.53. The molecule has 0 aliphatic heterocycles. The zero-order valence-corrected chi connectivity index (χ0v) is 14.2. The van der Waals surface area contributed by atoms with Gasteiger partial charge in [-0.2, -0.15) is 5.10 Å². The number of furan rings is 1. The monoisotopic (exact) mass is 340 g/mol. The second kappa shape index (κ2) is 5.49. The first-order chi connectivity index (χ1) is 12.7. The average Bonchev–Trinajstić information content (AvgIpc) is 3.26. The zero-order chi connectivity index (χ0) is 17.7. The van der Waals surface area contributed by atoms with Crippen LogP contribution in [0, 0.1) is 6.92 Å². The molecule has 0 bridgehead atoms. The van der Waals surface area contributed by atoms with Crippen LogP contribution in [0.25, 0.3) is 44.3 Å². The Kier molecular flexibility index (Phi) is 3.12. The summed E-state index contributed by atoms with van der Waals surface area (Å²) >= 11 is 0. The van der Waals surface area contributed by atoms with E-state index in [1.807, 2.05) is 37.3 Å². The fourth-order valence-corrected chi connectivity index (χ4v) is 3.53. The molecule has 2 aromatic heterocycles. The number of aryl methyl sites for hydroxylation is 1. The fourth-order valence-electron chi connectivity index (χ4n) is 3.53. The lowest BCUT2D eigenvalue weighted by Crippen LogP contribution is -1.81. The highest BCUT2D eigenvalue weighted by molar-refractivity contribution is 6.04. The highest BCUT2D eigenvalue weighted by Gasteiger charge is 2.20. The molecule has 0 atom stereocenters. The Morgan fingerprint density at radius 3 is 2.65 bits per heavy atom. The fraction of sp³-hybridized carbons (Fsp3) is 0.0455. The Balaban J connectivity index is 1.88. The normalized spacial score (nSPS) is 11.4. The molecular formula is C22H16N2O2. The molecule has 2 heterocycles. The molecule has 126 valence electrons. The minimum absolute atomic E-state index is 0.241. The molecule has 4 heteroatoms. The van der Waals surface area contributed by atoms with E-state index < -0.39 is 0 Å². The second-order valence-electron chi connectivity index (χ2n) is 6.48. The van der Waals surface area contributed by atoms with Crippen molar-refractivity contribution in [2.24, 2.45) is 0 Å². The van der Waals surface area contributed by atoms with Crippen LogP contribution in [0.2, 0.25) is 0 Å². The van der Waals surface area contributed by atoms with Crippen LogP contribution >= 0.6 is 0 Å². The van der Waals surface area contributed by atoms with Crippen LogP contribution < -0.4 is 0 Å². The average molecular weight is 340 g/mol. The van der Waals surface area contributed by atoms with Crippen LogP contribution in [0.4, 0.5) is 0 Å². The number of rotatable bonds is 2. The van der Waals surface area contributed by atoms with Gasteiger partial charge in [-0.25, -0.2) is 0 Å². The number of aromatic nitrogens is 2. The Bertz CT molecular complexity index is 1250. The van der Waals surface area contributed by atoms with Gasteiger partial charge >= 0.3 is 0 Å². The minimum atomic E-state index is 0.241. The molecule has 5 aromatic rings. The zero-order valence-electron chi connectivity index (χ0n) is 14.2. The molecule has 0 saturated carbocycles. The van der Waals surface area contributed by atoms with Gasteiger partial charge in [-0.1, -0.05) is 30.3 Å². The number of aromatic amines is 1. The van der Waals surface area contributed by atoms with Crippen LogP contribution in [-0.4, -0.2) is 15.3 Å². The first-order valence-electron chi connectivity index (χ1n) is 8.46. The van der Waals surface area contributed by atoms with Crippen molar-refractivity contribution in [3.8, 4) is 28.2 Å². The second-order valence-corrected chi connectivity index (χ2v) is 6.48. The molecule has 0 aliphatic rings. The van der Waals surface area contributed by atoms with Crippen molar-refractivity contribution in [3.05, 3.63) is 72.4 Å². The van der Waals surface area contributed by atoms with Crippen molar-refractivity contribution in [1.29, 1.82) is 0 Å². The predicted molar refractivity (Wildman–Crippen MR) is 103 cm³/mol. The molecule has 0 saturated heterocycles. The molecule has 2 N–H and O–H groups in total. The van der Waals surface area contributed by atoms with Crippen molar-refractivity contribution in [1.82, 2.24) is 10.2 Å². The van der Waals surface area contributed by atoms with Gasteiger partial charge in [0.25, 0.3) is 0 Å². The SMILES string of the molecule is Cc1cc(O)cc2c(-c3ccccc3)c(-c3ccc4[nH]ncc4c3)oc12. The van der Waals surface area contributed by atoms with Gasteiger partial charge in [-0.3, -0.25) is 5.10 Å². The van der Waals surface area contributed by atoms with Crippen molar-refractivity contribution >= 4 is 21.9 Å². The van der Waals surface area contributed by atoms with E-state index in [-0.39, 0.29) is 5.75 Å². The van der Waals surface area contributed by atoms with Gasteiger partial charge < -0.3 is 9.52 Å². The summed E-state index contributed by atoms with van der Waals surface area (Å²) in [7, 11) is 0. The molecule has 0 aliphatic carbocycles. The van der Waals surface area contributed by atoms with E-state index in [1.165, 1.54) is 0 Å². The number of aromatic hydroxyl groups is 1. The number of nitrogens with one attached hydrogen (secondary N) is 1. The third-order valence-electron chi connectivity index (χ3n) is 4.72. The lowest BCUT2D eigenvalue weighted by molar-refractivity contribution is 0.475. The highest BCUT2D eigenvalue weighted by Crippen LogP contribution is 2.43. The van der Waals surface area contributed by atoms with Crippen molar-refractivity contribution in [2.75, 3.05) is 0 Å². The van der Waals surface area contributed by atoms with E-state index in [0.717, 1.165) is 49.9 Å². The van der Waals surface area contributed by atoms with Gasteiger partial charge in [0.2, 0.25) is 0 Å². The van der Waals surface area contributed by atoms with Crippen LogP contribution in [0.3, 0.4) is 0 Å². The van der Waals surface area contributed by atoms with Gasteiger partial charge in [-0.15, -0.1) is 0 Å². The van der Waals surface area contributed by atoms with Crippen molar-refractivity contribution in [2.45, 2.75) is 6.92 Å². The summed E-state index contributed by atoms with van der Waals surface area (Å²) in [6.45, 7) is 1.95. The number of phenolic OH excluding ortho intramolecular Hbond substituents is 1. The minimum Gasteiger partial charge on any atom is -0.508 e. The van der Waals surface area contributed by atoms with Gasteiger partial charge in [0.05, 0.1) is 11.7 Å². The van der Waals surface area contributed by atoms with E-state index in [4.69, 9.17) is 4.42 Å². The molecule has 0 unspecified atom stereocenters. The van der Waals surface area contributed by atoms with Gasteiger partial charge in [0, 0.05) is 21.9 Å². The molecule has 0 radical (unpaired) electrons. The first-order valence-corrected chi connectivity index (χ1v) is 8.46. The van der Waals surface area contributed by atoms with E-state index in [0.29, 0.717) is 0 Å². The summed E-state index contributed by atoms with van der Waals surface area (Å²) in [6.07, 6.45) is 1.81. The maximum atomic E-state index is 10.1. The maximum absolute atomic E-state index is 10.1. The summed E-state index contributed by atoms with van der Waals surface area (Å²) in [6, 6.07) is 19.7. The van der Waals surface area contributed by atoms with E-state index in [1.54, 1.807) is 18.3 Å². The molecule has 5 rings (SSSR count). The number of hydrogen-bond acceptors (Lipinski definition) is 3. The summed E-state index contributed by atoms with van der Waals surface area (Å²) in [5.74, 6) is 1.04. The van der Waals surface area contributed by atoms with Crippen LogP contribution in [0.15, 0.2) is 71.3 Å². The number of hydrogen-bond donors (Lipinski definition) is 2. The van der Waals surface area contributed by atoms with Gasteiger partial charge in [0.1, 0.15) is 17.1 Å². The van der Waals surface area contributed by atoms with Gasteiger partial charge in [-0.05, 0) is 48.4 Å². The predicted octanol–water partition coefficient (Wildman–Crippen LogP) is 5.66. The van der Waals surface area contributed by atoms with E-state index in [9.17, 15) is 5.11 Å². The first kappa shape index (κ1) is 14.8. The van der Waals surface area contributed by atoms with Crippen molar-refractivity contribution < 1.29 is 9.52 Å². The van der Waals surface area contributed by atoms with Gasteiger partial charge in [0.15, 0.2) is 0 Å². The summed E-state index contributed by atoms with van der Waals surface area (Å²) in [5, 5.41) is 19.1. The lowest BCUT2D eigenvalue weighted by Gasteiger charge is -2.04. The summed E-state index contributed by atoms with van der Waals surface area (Å²) in [4.78, 5) is 0. The largest absolute Gasteiger partial charge is 0.508 e. The highest BCUT2D eigenvalue weighted by atomic mass is 16.3. The number of nitrogens with zero attached hydrogens (tertiary/aromatic N) is 1. The Morgan fingerprint density at radius 2 is 1.81 bits per heavy atom. The molecule has 0 spiro atoms. The lowest BCUT2D eigenvalue weighted by atomic mass is 9.97. The quantitative estimate of drug-likeness (QED) is 0.436. The smallest absolute Gasteiger partial charge is 0.143 e. The summed E-state index contributed by atoms with van der Waals surface area (Å²) in [5.41, 5.74) is 5.71. The number of H-pyrrole nitrogens is 1.